The highest BCUT2D eigenvalue weighted by molar-refractivity contribution is 6.35. The number of carboxylic acids is 1. The van der Waals surface area contributed by atoms with Gasteiger partial charge < -0.3 is 20.4 Å². The van der Waals surface area contributed by atoms with E-state index < -0.39 is 23.2 Å². The second-order valence-corrected chi connectivity index (χ2v) is 9.55. The lowest BCUT2D eigenvalue weighted by atomic mass is 10.0. The van der Waals surface area contributed by atoms with Crippen molar-refractivity contribution in [1.82, 2.24) is 25.3 Å². The van der Waals surface area contributed by atoms with E-state index in [1.807, 2.05) is 0 Å². The molecule has 0 unspecified atom stereocenters. The molecule has 0 atom stereocenters. The Balaban J connectivity index is 1.46. The van der Waals surface area contributed by atoms with Crippen molar-refractivity contribution in [3.63, 3.8) is 0 Å². The molecule has 36 heavy (non-hydrogen) atoms. The molecular formula is C25H18Cl2FN5O3. The number of aromatic carboxylic acids is 1. The minimum absolute atomic E-state index is 0.106. The van der Waals surface area contributed by atoms with Gasteiger partial charge in [0.05, 0.1) is 43.3 Å². The minimum Gasteiger partial charge on any atom is -0.478 e. The van der Waals surface area contributed by atoms with Crippen molar-refractivity contribution >= 4 is 57.1 Å². The molecule has 182 valence electrons. The predicted octanol–water partition coefficient (Wildman–Crippen LogP) is 5.92. The Bertz CT molecular complexity index is 1670. The van der Waals surface area contributed by atoms with Crippen LogP contribution in [0.25, 0.3) is 33.5 Å². The van der Waals surface area contributed by atoms with Crippen LogP contribution in [0.3, 0.4) is 0 Å². The molecular weight excluding hydrogens is 508 g/mol. The highest BCUT2D eigenvalue weighted by Crippen LogP contribution is 2.33. The van der Waals surface area contributed by atoms with Crippen LogP contribution in [0.2, 0.25) is 10.0 Å². The van der Waals surface area contributed by atoms with Gasteiger partial charge >= 0.3 is 5.97 Å². The summed E-state index contributed by atoms with van der Waals surface area (Å²) in [5, 5.41) is 12.5. The van der Waals surface area contributed by atoms with Gasteiger partial charge in [0.25, 0.3) is 5.91 Å². The fourth-order valence-electron chi connectivity index (χ4n) is 3.90. The number of hydrogen-bond acceptors (Lipinski definition) is 4. The van der Waals surface area contributed by atoms with Gasteiger partial charge in [-0.1, -0.05) is 29.3 Å². The van der Waals surface area contributed by atoms with Crippen LogP contribution in [-0.2, 0) is 5.54 Å². The maximum atomic E-state index is 14.4. The van der Waals surface area contributed by atoms with Gasteiger partial charge in [-0.2, -0.15) is 0 Å². The van der Waals surface area contributed by atoms with Crippen LogP contribution in [0.15, 0.2) is 48.5 Å². The van der Waals surface area contributed by atoms with E-state index in [0.29, 0.717) is 27.9 Å². The number of nitrogens with one attached hydrogen (secondary N) is 3. The number of aromatic amines is 2. The van der Waals surface area contributed by atoms with Gasteiger partial charge in [0.15, 0.2) is 0 Å². The number of H-pyrrole nitrogens is 2. The van der Waals surface area contributed by atoms with Crippen molar-refractivity contribution < 1.29 is 19.1 Å². The summed E-state index contributed by atoms with van der Waals surface area (Å²) in [6, 6.07) is 11.9. The normalized spacial score (nSPS) is 11.8. The zero-order valence-electron chi connectivity index (χ0n) is 18.9. The smallest absolute Gasteiger partial charge is 0.335 e. The summed E-state index contributed by atoms with van der Waals surface area (Å²) >= 11 is 12.6. The minimum atomic E-state index is -1.05. The van der Waals surface area contributed by atoms with E-state index in [2.05, 4.69) is 25.3 Å². The summed E-state index contributed by atoms with van der Waals surface area (Å²) in [5.74, 6) is -1.39. The van der Waals surface area contributed by atoms with Gasteiger partial charge in [0.1, 0.15) is 23.0 Å². The summed E-state index contributed by atoms with van der Waals surface area (Å²) in [6.07, 6.45) is 0. The number of amides is 1. The summed E-state index contributed by atoms with van der Waals surface area (Å²) in [4.78, 5) is 39.4. The van der Waals surface area contributed by atoms with E-state index >= 15 is 0 Å². The van der Waals surface area contributed by atoms with Crippen LogP contribution in [0, 0.1) is 5.82 Å². The molecule has 4 N–H and O–H groups in total. The Hall–Kier alpha value is -3.95. The van der Waals surface area contributed by atoms with Crippen LogP contribution in [0.5, 0.6) is 0 Å². The van der Waals surface area contributed by atoms with Gasteiger partial charge in [-0.05, 0) is 56.3 Å². The Morgan fingerprint density at radius 2 is 1.72 bits per heavy atom. The predicted molar refractivity (Wildman–Crippen MR) is 135 cm³/mol. The quantitative estimate of drug-likeness (QED) is 0.227. The summed E-state index contributed by atoms with van der Waals surface area (Å²) < 4.78 is 14.4. The average molecular weight is 526 g/mol. The van der Waals surface area contributed by atoms with E-state index in [1.54, 1.807) is 32.0 Å². The Kier molecular flexibility index (Phi) is 5.69. The first-order chi connectivity index (χ1) is 17.0. The largest absolute Gasteiger partial charge is 0.478 e. The van der Waals surface area contributed by atoms with Crippen LogP contribution < -0.4 is 5.32 Å². The van der Waals surface area contributed by atoms with Gasteiger partial charge in [0, 0.05) is 5.56 Å². The van der Waals surface area contributed by atoms with Crippen molar-refractivity contribution in [3.8, 4) is 11.4 Å². The van der Waals surface area contributed by atoms with E-state index in [1.165, 1.54) is 30.3 Å². The standard InChI is InChI=1S/C25H18Cl2FN5O3/c1-25(2,24-30-16-7-6-11(23(35)36)9-17(16)31-24)33-22(34)12-8-14(27)20-18(10-12)29-21(32-20)19-13(26)4-3-5-15(19)28/h3-10H,1-2H3,(H,29,32)(H,30,31)(H,33,34)(H,35,36). The third-order valence-electron chi connectivity index (χ3n) is 5.75. The molecule has 0 spiro atoms. The second kappa shape index (κ2) is 8.61. The van der Waals surface area contributed by atoms with Crippen LogP contribution in [-0.4, -0.2) is 36.9 Å². The second-order valence-electron chi connectivity index (χ2n) is 8.74. The highest BCUT2D eigenvalue weighted by Gasteiger charge is 2.28. The van der Waals surface area contributed by atoms with E-state index in [9.17, 15) is 19.1 Å². The molecule has 0 radical (unpaired) electrons. The van der Waals surface area contributed by atoms with Crippen molar-refractivity contribution in [2.45, 2.75) is 19.4 Å². The monoisotopic (exact) mass is 525 g/mol. The number of aromatic nitrogens is 4. The topological polar surface area (TPSA) is 124 Å². The fourth-order valence-corrected chi connectivity index (χ4v) is 4.42. The summed E-state index contributed by atoms with van der Waals surface area (Å²) in [7, 11) is 0. The first kappa shape index (κ1) is 23.8. The number of carbonyl (C=O) groups is 2. The number of fused-ring (bicyclic) bond motifs is 2. The molecule has 2 heterocycles. The SMILES string of the molecule is CC(C)(NC(=O)c1cc(Cl)c2nc(-c3c(F)cccc3Cl)[nH]c2c1)c1nc2ccc(C(=O)O)cc2[nH]1. The molecule has 0 aliphatic heterocycles. The summed E-state index contributed by atoms with van der Waals surface area (Å²) in [5.41, 5.74) is 1.44. The maximum Gasteiger partial charge on any atom is 0.335 e. The van der Waals surface area contributed by atoms with Crippen LogP contribution in [0.4, 0.5) is 4.39 Å². The fraction of sp³-hybridized carbons (Fsp3) is 0.120. The lowest BCUT2D eigenvalue weighted by Crippen LogP contribution is -2.41. The molecule has 8 nitrogen and oxygen atoms in total. The average Bonchev–Trinajstić information content (AvgIpc) is 3.43. The lowest BCUT2D eigenvalue weighted by Gasteiger charge is -2.24. The Morgan fingerprint density at radius 3 is 2.44 bits per heavy atom. The molecule has 1 amide bonds. The van der Waals surface area contributed by atoms with Gasteiger partial charge in [0.2, 0.25) is 0 Å². The van der Waals surface area contributed by atoms with Crippen molar-refractivity contribution in [1.29, 1.82) is 0 Å². The number of halogens is 3. The number of rotatable bonds is 5. The van der Waals surface area contributed by atoms with E-state index in [0.717, 1.165) is 0 Å². The number of nitrogens with zero attached hydrogens (tertiary/aromatic N) is 2. The Morgan fingerprint density at radius 1 is 0.972 bits per heavy atom. The third-order valence-corrected chi connectivity index (χ3v) is 6.35. The number of carbonyl (C=O) groups excluding carboxylic acids is 1. The molecule has 0 aliphatic rings. The number of hydrogen-bond donors (Lipinski definition) is 4. The van der Waals surface area contributed by atoms with Crippen molar-refractivity contribution in [3.05, 3.63) is 81.3 Å². The molecule has 11 heteroatoms. The molecule has 5 aromatic rings. The van der Waals surface area contributed by atoms with Gasteiger partial charge in [-0.3, -0.25) is 4.79 Å². The van der Waals surface area contributed by atoms with E-state index in [-0.39, 0.29) is 32.6 Å². The molecule has 5 rings (SSSR count). The lowest BCUT2D eigenvalue weighted by molar-refractivity contribution is 0.0696. The Labute approximate surface area is 213 Å². The molecule has 0 fully saturated rings. The third kappa shape index (κ3) is 4.16. The summed E-state index contributed by atoms with van der Waals surface area (Å²) in [6.45, 7) is 3.52. The number of imidazole rings is 2. The molecule has 2 aromatic heterocycles. The van der Waals surface area contributed by atoms with E-state index in [4.69, 9.17) is 23.2 Å². The van der Waals surface area contributed by atoms with Crippen molar-refractivity contribution in [2.75, 3.05) is 0 Å². The number of benzene rings is 3. The van der Waals surface area contributed by atoms with Gasteiger partial charge in [-0.15, -0.1) is 0 Å². The first-order valence-electron chi connectivity index (χ1n) is 10.7. The molecule has 3 aromatic carbocycles. The zero-order valence-corrected chi connectivity index (χ0v) is 20.4. The molecule has 0 bridgehead atoms. The highest BCUT2D eigenvalue weighted by atomic mass is 35.5. The van der Waals surface area contributed by atoms with Crippen LogP contribution in [0.1, 0.15) is 40.4 Å². The maximum absolute atomic E-state index is 14.4. The number of carboxylic acid groups (broad SMARTS) is 1. The molecule has 0 saturated heterocycles. The molecule has 0 saturated carbocycles. The van der Waals surface area contributed by atoms with Crippen molar-refractivity contribution in [2.24, 2.45) is 0 Å². The zero-order chi connectivity index (χ0) is 25.8. The van der Waals surface area contributed by atoms with Crippen LogP contribution >= 0.6 is 23.2 Å². The molecule has 0 aliphatic carbocycles. The first-order valence-corrected chi connectivity index (χ1v) is 11.5. The van der Waals surface area contributed by atoms with Gasteiger partial charge in [-0.25, -0.2) is 19.2 Å².